The van der Waals surface area contributed by atoms with Crippen LogP contribution in [0.3, 0.4) is 0 Å². The van der Waals surface area contributed by atoms with E-state index in [0.29, 0.717) is 5.13 Å². The fourth-order valence-electron chi connectivity index (χ4n) is 0.749. The summed E-state index contributed by atoms with van der Waals surface area (Å²) in [5, 5.41) is 12.4. The molecule has 0 aliphatic carbocycles. The molecule has 0 bridgehead atoms. The molecule has 6 heteroatoms. The van der Waals surface area contributed by atoms with E-state index in [4.69, 9.17) is 4.74 Å². The summed E-state index contributed by atoms with van der Waals surface area (Å²) >= 11 is 1.06. The van der Waals surface area contributed by atoms with E-state index in [0.717, 1.165) is 11.3 Å². The number of thiazole rings is 1. The van der Waals surface area contributed by atoms with Crippen molar-refractivity contribution in [1.82, 2.24) is 4.98 Å². The minimum absolute atomic E-state index is 0.131. The lowest BCUT2D eigenvalue weighted by Crippen LogP contribution is -2.02. The van der Waals surface area contributed by atoms with Gasteiger partial charge in [0, 0.05) is 7.05 Å². The lowest BCUT2D eigenvalue weighted by atomic mass is 10.5. The van der Waals surface area contributed by atoms with E-state index in [1.807, 2.05) is 0 Å². The van der Waals surface area contributed by atoms with Gasteiger partial charge in [0.05, 0.1) is 6.61 Å². The van der Waals surface area contributed by atoms with Gasteiger partial charge in [0.25, 0.3) is 0 Å². The number of hydrogen-bond acceptors (Lipinski definition) is 6. The number of carbonyl (C=O) groups excluding carboxylic acids is 1. The maximum absolute atomic E-state index is 11.2. The minimum Gasteiger partial charge on any atom is -0.492 e. The molecule has 1 aromatic heterocycles. The molecule has 1 aromatic rings. The second kappa shape index (κ2) is 4.08. The van der Waals surface area contributed by atoms with Crippen LogP contribution in [0.25, 0.3) is 0 Å². The summed E-state index contributed by atoms with van der Waals surface area (Å²) in [6, 6.07) is 0. The van der Waals surface area contributed by atoms with Gasteiger partial charge in [-0.15, -0.1) is 0 Å². The van der Waals surface area contributed by atoms with Crippen molar-refractivity contribution < 1.29 is 14.6 Å². The highest BCUT2D eigenvalue weighted by molar-refractivity contribution is 7.17. The lowest BCUT2D eigenvalue weighted by molar-refractivity contribution is 0.0528. The molecule has 1 rings (SSSR count). The van der Waals surface area contributed by atoms with Crippen molar-refractivity contribution in [2.75, 3.05) is 19.0 Å². The average Bonchev–Trinajstić information content (AvgIpc) is 2.47. The lowest BCUT2D eigenvalue weighted by Gasteiger charge is -1.96. The van der Waals surface area contributed by atoms with Crippen molar-refractivity contribution in [2.24, 2.45) is 0 Å². The van der Waals surface area contributed by atoms with Gasteiger partial charge in [-0.2, -0.15) is 4.98 Å². The van der Waals surface area contributed by atoms with Crippen LogP contribution in [0.15, 0.2) is 0 Å². The van der Waals surface area contributed by atoms with Gasteiger partial charge in [0.2, 0.25) is 5.88 Å². The van der Waals surface area contributed by atoms with Gasteiger partial charge in [0.15, 0.2) is 10.0 Å². The first-order chi connectivity index (χ1) is 6.19. The van der Waals surface area contributed by atoms with Crippen LogP contribution in [0.5, 0.6) is 5.88 Å². The molecule has 0 atom stereocenters. The Labute approximate surface area is 79.4 Å². The third-order valence-electron chi connectivity index (χ3n) is 1.28. The van der Waals surface area contributed by atoms with Gasteiger partial charge in [-0.05, 0) is 6.92 Å². The van der Waals surface area contributed by atoms with Crippen LogP contribution in [0.4, 0.5) is 5.13 Å². The quantitative estimate of drug-likeness (QED) is 0.717. The zero-order valence-electron chi connectivity index (χ0n) is 7.33. The van der Waals surface area contributed by atoms with Crippen LogP contribution in [-0.4, -0.2) is 29.7 Å². The SMILES string of the molecule is CCOC(=O)c1sc(NC)nc1O. The van der Waals surface area contributed by atoms with E-state index >= 15 is 0 Å². The Bertz CT molecular complexity index is 311. The molecular formula is C7H10N2O3S. The summed E-state index contributed by atoms with van der Waals surface area (Å²) in [4.78, 5) is 15.0. The van der Waals surface area contributed by atoms with Gasteiger partial charge in [-0.3, -0.25) is 0 Å². The van der Waals surface area contributed by atoms with Crippen molar-refractivity contribution in [2.45, 2.75) is 6.92 Å². The smallest absolute Gasteiger partial charge is 0.354 e. The van der Waals surface area contributed by atoms with Crippen LogP contribution >= 0.6 is 11.3 Å². The minimum atomic E-state index is -0.543. The van der Waals surface area contributed by atoms with Crippen LogP contribution in [0, 0.1) is 0 Å². The fourth-order valence-corrected chi connectivity index (χ4v) is 1.46. The number of rotatable bonds is 3. The third-order valence-corrected chi connectivity index (χ3v) is 2.33. The average molecular weight is 202 g/mol. The van der Waals surface area contributed by atoms with E-state index in [1.165, 1.54) is 0 Å². The Morgan fingerprint density at radius 2 is 2.46 bits per heavy atom. The van der Waals surface area contributed by atoms with Gasteiger partial charge in [-0.1, -0.05) is 11.3 Å². The van der Waals surface area contributed by atoms with Gasteiger partial charge >= 0.3 is 5.97 Å². The number of nitrogens with zero attached hydrogens (tertiary/aromatic N) is 1. The molecule has 0 aromatic carbocycles. The number of aromatic hydroxyl groups is 1. The summed E-state index contributed by atoms with van der Waals surface area (Å²) in [6.45, 7) is 1.99. The maximum atomic E-state index is 11.2. The highest BCUT2D eigenvalue weighted by Gasteiger charge is 2.17. The molecule has 13 heavy (non-hydrogen) atoms. The predicted molar refractivity (Wildman–Crippen MR) is 49.3 cm³/mol. The molecular weight excluding hydrogens is 192 g/mol. The summed E-state index contributed by atoms with van der Waals surface area (Å²) < 4.78 is 4.71. The topological polar surface area (TPSA) is 71.5 Å². The van der Waals surface area contributed by atoms with E-state index in [-0.39, 0.29) is 17.4 Å². The molecule has 0 aliphatic heterocycles. The van der Waals surface area contributed by atoms with Crippen LogP contribution < -0.4 is 5.32 Å². The van der Waals surface area contributed by atoms with Gasteiger partial charge < -0.3 is 15.2 Å². The number of hydrogen-bond donors (Lipinski definition) is 2. The summed E-state index contributed by atoms with van der Waals surface area (Å²) in [5.41, 5.74) is 0. The van der Waals surface area contributed by atoms with Crippen molar-refractivity contribution in [3.05, 3.63) is 4.88 Å². The van der Waals surface area contributed by atoms with E-state index in [9.17, 15) is 9.90 Å². The number of ether oxygens (including phenoxy) is 1. The second-order valence-electron chi connectivity index (χ2n) is 2.14. The van der Waals surface area contributed by atoms with Gasteiger partial charge in [-0.25, -0.2) is 4.79 Å². The monoisotopic (exact) mass is 202 g/mol. The molecule has 0 saturated heterocycles. The first kappa shape index (κ1) is 9.79. The standard InChI is InChI=1S/C7H10N2O3S/c1-3-12-6(11)4-5(10)9-7(8-2)13-4/h10H,3H2,1-2H3,(H,8,9). The Morgan fingerprint density at radius 1 is 1.77 bits per heavy atom. The number of aromatic nitrogens is 1. The van der Waals surface area contributed by atoms with Crippen LogP contribution in [0.2, 0.25) is 0 Å². The van der Waals surface area contributed by atoms with Crippen molar-refractivity contribution in [3.8, 4) is 5.88 Å². The van der Waals surface area contributed by atoms with E-state index < -0.39 is 5.97 Å². The largest absolute Gasteiger partial charge is 0.492 e. The molecule has 2 N–H and O–H groups in total. The first-order valence-electron chi connectivity index (χ1n) is 3.73. The third kappa shape index (κ3) is 2.09. The molecule has 0 unspecified atom stereocenters. The maximum Gasteiger partial charge on any atom is 0.354 e. The normalized spacial score (nSPS) is 9.69. The summed E-state index contributed by atoms with van der Waals surface area (Å²) in [7, 11) is 1.66. The molecule has 0 radical (unpaired) electrons. The molecule has 72 valence electrons. The molecule has 0 saturated carbocycles. The molecule has 0 aliphatic rings. The van der Waals surface area contributed by atoms with Gasteiger partial charge in [0.1, 0.15) is 0 Å². The molecule has 0 amide bonds. The summed E-state index contributed by atoms with van der Waals surface area (Å²) in [5.74, 6) is -0.827. The molecule has 0 spiro atoms. The fraction of sp³-hybridized carbons (Fsp3) is 0.429. The number of carbonyl (C=O) groups is 1. The predicted octanol–water partition coefficient (Wildman–Crippen LogP) is 1.07. The van der Waals surface area contributed by atoms with Crippen LogP contribution in [0.1, 0.15) is 16.6 Å². The first-order valence-corrected chi connectivity index (χ1v) is 4.55. The number of nitrogens with one attached hydrogen (secondary N) is 1. The summed E-state index contributed by atoms with van der Waals surface area (Å²) in [6.07, 6.45) is 0. The molecule has 5 nitrogen and oxygen atoms in total. The van der Waals surface area contributed by atoms with E-state index in [2.05, 4.69) is 10.3 Å². The molecule has 0 fully saturated rings. The Morgan fingerprint density at radius 3 is 2.92 bits per heavy atom. The Balaban J connectivity index is 2.87. The number of anilines is 1. The van der Waals surface area contributed by atoms with E-state index in [1.54, 1.807) is 14.0 Å². The zero-order valence-corrected chi connectivity index (χ0v) is 8.14. The highest BCUT2D eigenvalue weighted by Crippen LogP contribution is 2.27. The van der Waals surface area contributed by atoms with Crippen molar-refractivity contribution >= 4 is 22.4 Å². The van der Waals surface area contributed by atoms with Crippen molar-refractivity contribution in [1.29, 1.82) is 0 Å². The Hall–Kier alpha value is -1.30. The second-order valence-corrected chi connectivity index (χ2v) is 3.14. The Kier molecular flexibility index (Phi) is 3.07. The highest BCUT2D eigenvalue weighted by atomic mass is 32.1. The number of esters is 1. The van der Waals surface area contributed by atoms with Crippen LogP contribution in [-0.2, 0) is 4.74 Å². The molecule has 1 heterocycles. The van der Waals surface area contributed by atoms with Crippen molar-refractivity contribution in [3.63, 3.8) is 0 Å². The zero-order chi connectivity index (χ0) is 9.84.